The lowest BCUT2D eigenvalue weighted by Gasteiger charge is -2.11. The number of benzene rings is 2. The van der Waals surface area contributed by atoms with Crippen LogP contribution in [0.25, 0.3) is 0 Å². The molecule has 0 aliphatic heterocycles. The number of nitrogens with zero attached hydrogens (tertiary/aromatic N) is 2. The van der Waals surface area contributed by atoms with Crippen molar-refractivity contribution < 1.29 is 9.13 Å². The van der Waals surface area contributed by atoms with Gasteiger partial charge >= 0.3 is 0 Å². The van der Waals surface area contributed by atoms with Crippen molar-refractivity contribution >= 4 is 29.9 Å². The normalized spacial score (nSPS) is 10.8. The van der Waals surface area contributed by atoms with Gasteiger partial charge in [-0.25, -0.2) is 9.38 Å². The van der Waals surface area contributed by atoms with Crippen LogP contribution in [0.1, 0.15) is 23.7 Å². The molecule has 164 valence electrons. The standard InChI is InChI=1S/C24H27FN4O.HI/c1-2-26-24(28-16-14-19-6-10-21(25)11-7-19)29-17-20-8-12-23(13-9-20)30-18-22-5-3-4-15-27-22;/h3-13,15H,2,14,16-18H2,1H3,(H2,26,28,29);1H. The fraction of sp³-hybridized carbons (Fsp3) is 0.250. The van der Waals surface area contributed by atoms with Gasteiger partial charge in [-0.3, -0.25) is 4.98 Å². The molecule has 5 nitrogen and oxygen atoms in total. The largest absolute Gasteiger partial charge is 0.487 e. The maximum Gasteiger partial charge on any atom is 0.191 e. The molecule has 3 aromatic rings. The Morgan fingerprint density at radius 1 is 0.968 bits per heavy atom. The highest BCUT2D eigenvalue weighted by Gasteiger charge is 2.01. The van der Waals surface area contributed by atoms with Crippen LogP contribution < -0.4 is 15.4 Å². The summed E-state index contributed by atoms with van der Waals surface area (Å²) in [5, 5.41) is 6.56. The third kappa shape index (κ3) is 8.92. The summed E-state index contributed by atoms with van der Waals surface area (Å²) in [7, 11) is 0. The first kappa shape index (κ1) is 24.6. The van der Waals surface area contributed by atoms with Gasteiger partial charge in [0.05, 0.1) is 12.2 Å². The van der Waals surface area contributed by atoms with E-state index in [1.165, 1.54) is 12.1 Å². The van der Waals surface area contributed by atoms with E-state index in [9.17, 15) is 4.39 Å². The molecule has 0 aliphatic carbocycles. The maximum atomic E-state index is 13.0. The van der Waals surface area contributed by atoms with Crippen LogP contribution in [0.2, 0.25) is 0 Å². The molecule has 3 rings (SSSR count). The van der Waals surface area contributed by atoms with Gasteiger partial charge in [-0.2, -0.15) is 0 Å². The van der Waals surface area contributed by atoms with E-state index < -0.39 is 0 Å². The lowest BCUT2D eigenvalue weighted by Crippen LogP contribution is -2.38. The second kappa shape index (κ2) is 13.6. The number of pyridine rings is 1. The topological polar surface area (TPSA) is 58.5 Å². The number of halogens is 2. The van der Waals surface area contributed by atoms with Gasteiger partial charge in [0, 0.05) is 19.3 Å². The van der Waals surface area contributed by atoms with E-state index in [1.807, 2.05) is 49.4 Å². The van der Waals surface area contributed by atoms with Gasteiger partial charge in [0.1, 0.15) is 18.2 Å². The van der Waals surface area contributed by atoms with Crippen LogP contribution in [0.4, 0.5) is 4.39 Å². The zero-order valence-corrected chi connectivity index (χ0v) is 19.9. The third-order valence-corrected chi connectivity index (χ3v) is 4.42. The molecule has 0 bridgehead atoms. The number of nitrogens with one attached hydrogen (secondary N) is 2. The van der Waals surface area contributed by atoms with Crippen molar-refractivity contribution in [2.24, 2.45) is 4.99 Å². The fourth-order valence-electron chi connectivity index (χ4n) is 2.82. The monoisotopic (exact) mass is 534 g/mol. The van der Waals surface area contributed by atoms with Crippen LogP contribution in [-0.4, -0.2) is 24.0 Å². The zero-order valence-electron chi connectivity index (χ0n) is 17.6. The average Bonchev–Trinajstić information content (AvgIpc) is 2.79. The molecule has 1 heterocycles. The molecule has 0 atom stereocenters. The van der Waals surface area contributed by atoms with Crippen molar-refractivity contribution in [3.8, 4) is 5.75 Å². The van der Waals surface area contributed by atoms with E-state index in [0.29, 0.717) is 13.2 Å². The second-order valence-electron chi connectivity index (χ2n) is 6.75. The number of hydrogen-bond donors (Lipinski definition) is 2. The molecule has 0 amide bonds. The van der Waals surface area contributed by atoms with Crippen LogP contribution >= 0.6 is 24.0 Å². The summed E-state index contributed by atoms with van der Waals surface area (Å²) in [5.74, 6) is 1.35. The molecular weight excluding hydrogens is 506 g/mol. The number of ether oxygens (including phenoxy) is 1. The lowest BCUT2D eigenvalue weighted by molar-refractivity contribution is 0.301. The van der Waals surface area contributed by atoms with Gasteiger partial charge in [-0.15, -0.1) is 24.0 Å². The van der Waals surface area contributed by atoms with Crippen molar-refractivity contribution in [1.29, 1.82) is 0 Å². The summed E-state index contributed by atoms with van der Waals surface area (Å²) < 4.78 is 18.8. The van der Waals surface area contributed by atoms with Crippen molar-refractivity contribution in [2.75, 3.05) is 13.1 Å². The van der Waals surface area contributed by atoms with Crippen molar-refractivity contribution in [3.05, 3.63) is 95.6 Å². The molecule has 31 heavy (non-hydrogen) atoms. The molecule has 0 spiro atoms. The van der Waals surface area contributed by atoms with E-state index in [0.717, 1.165) is 48.0 Å². The lowest BCUT2D eigenvalue weighted by atomic mass is 10.1. The molecule has 0 fully saturated rings. The Bertz CT molecular complexity index is 919. The molecule has 0 unspecified atom stereocenters. The van der Waals surface area contributed by atoms with Crippen molar-refractivity contribution in [3.63, 3.8) is 0 Å². The van der Waals surface area contributed by atoms with Gasteiger partial charge in [0.15, 0.2) is 5.96 Å². The molecule has 1 aromatic heterocycles. The highest BCUT2D eigenvalue weighted by Crippen LogP contribution is 2.14. The van der Waals surface area contributed by atoms with Gasteiger partial charge in [0.2, 0.25) is 0 Å². The van der Waals surface area contributed by atoms with Crippen LogP contribution in [-0.2, 0) is 19.6 Å². The minimum atomic E-state index is -0.213. The average molecular weight is 534 g/mol. The number of guanidine groups is 1. The molecule has 7 heteroatoms. The van der Waals surface area contributed by atoms with E-state index in [4.69, 9.17) is 4.74 Å². The van der Waals surface area contributed by atoms with Gasteiger partial charge in [-0.05, 0) is 60.9 Å². The fourth-order valence-corrected chi connectivity index (χ4v) is 2.82. The van der Waals surface area contributed by atoms with Crippen LogP contribution in [0, 0.1) is 5.82 Å². The number of rotatable bonds is 9. The first-order valence-electron chi connectivity index (χ1n) is 10.1. The number of aliphatic imine (C=N–C) groups is 1. The highest BCUT2D eigenvalue weighted by molar-refractivity contribution is 14.0. The summed E-state index contributed by atoms with van der Waals surface area (Å²) in [6, 6.07) is 20.3. The van der Waals surface area contributed by atoms with Crippen molar-refractivity contribution in [1.82, 2.24) is 15.6 Å². The predicted octanol–water partition coefficient (Wildman–Crippen LogP) is 4.72. The molecule has 2 N–H and O–H groups in total. The van der Waals surface area contributed by atoms with Crippen molar-refractivity contribution in [2.45, 2.75) is 26.5 Å². The molecule has 0 saturated carbocycles. The van der Waals surface area contributed by atoms with Gasteiger partial charge in [-0.1, -0.05) is 30.3 Å². The summed E-state index contributed by atoms with van der Waals surface area (Å²) in [4.78, 5) is 8.89. The van der Waals surface area contributed by atoms with E-state index in [2.05, 4.69) is 20.6 Å². The molecular formula is C24H28FIN4O. The SMILES string of the molecule is CCNC(=NCc1ccc(OCc2ccccn2)cc1)NCCc1ccc(F)cc1.I. The minimum Gasteiger partial charge on any atom is -0.487 e. The second-order valence-corrected chi connectivity index (χ2v) is 6.75. The maximum absolute atomic E-state index is 13.0. The third-order valence-electron chi connectivity index (χ3n) is 4.42. The number of aromatic nitrogens is 1. The molecule has 0 radical (unpaired) electrons. The smallest absolute Gasteiger partial charge is 0.191 e. The minimum absolute atomic E-state index is 0. The highest BCUT2D eigenvalue weighted by atomic mass is 127. The molecule has 0 aliphatic rings. The Balaban J connectivity index is 0.00000341. The van der Waals surface area contributed by atoms with E-state index >= 15 is 0 Å². The quantitative estimate of drug-likeness (QED) is 0.237. The van der Waals surface area contributed by atoms with Crippen LogP contribution in [0.15, 0.2) is 77.9 Å². The van der Waals surface area contributed by atoms with Crippen LogP contribution in [0.5, 0.6) is 5.75 Å². The van der Waals surface area contributed by atoms with E-state index in [-0.39, 0.29) is 29.8 Å². The van der Waals surface area contributed by atoms with Gasteiger partial charge in [0.25, 0.3) is 0 Å². The Kier molecular flexibility index (Phi) is 10.8. The first-order chi connectivity index (χ1) is 14.7. The molecule has 2 aromatic carbocycles. The zero-order chi connectivity index (χ0) is 21.0. The summed E-state index contributed by atoms with van der Waals surface area (Å²) in [5.41, 5.74) is 3.07. The summed E-state index contributed by atoms with van der Waals surface area (Å²) >= 11 is 0. The summed E-state index contributed by atoms with van der Waals surface area (Å²) in [6.45, 7) is 4.54. The van der Waals surface area contributed by atoms with Crippen LogP contribution in [0.3, 0.4) is 0 Å². The van der Waals surface area contributed by atoms with E-state index in [1.54, 1.807) is 18.3 Å². The number of hydrogen-bond acceptors (Lipinski definition) is 3. The first-order valence-corrected chi connectivity index (χ1v) is 10.1. The Morgan fingerprint density at radius 2 is 1.71 bits per heavy atom. The predicted molar refractivity (Wildman–Crippen MR) is 133 cm³/mol. The molecule has 0 saturated heterocycles. The summed E-state index contributed by atoms with van der Waals surface area (Å²) in [6.07, 6.45) is 2.56. The van der Waals surface area contributed by atoms with Gasteiger partial charge < -0.3 is 15.4 Å². The Hall–Kier alpha value is -2.68. The Labute approximate surface area is 200 Å². The Morgan fingerprint density at radius 3 is 2.39 bits per heavy atom.